The van der Waals surface area contributed by atoms with Gasteiger partial charge in [-0.25, -0.2) is 0 Å². The number of ether oxygens (including phenoxy) is 1. The standard InChI is InChI=1S/C12H15N3O3/c1-9-7-10(15(16)17)3-4-11(9)18-6-5-12(2,14)8-13/h3-4,7H,5-6,14H2,1-2H3. The Kier molecular flexibility index (Phi) is 4.23. The maximum atomic E-state index is 10.6. The molecule has 0 bridgehead atoms. The van der Waals surface area contributed by atoms with Gasteiger partial charge in [0.25, 0.3) is 5.69 Å². The summed E-state index contributed by atoms with van der Waals surface area (Å²) in [6.45, 7) is 3.65. The van der Waals surface area contributed by atoms with Gasteiger partial charge in [0.05, 0.1) is 17.6 Å². The molecular weight excluding hydrogens is 234 g/mol. The van der Waals surface area contributed by atoms with Crippen molar-refractivity contribution in [3.63, 3.8) is 0 Å². The Morgan fingerprint density at radius 3 is 2.78 bits per heavy atom. The molecule has 1 atom stereocenters. The molecule has 18 heavy (non-hydrogen) atoms. The number of hydrogen-bond donors (Lipinski definition) is 1. The Morgan fingerprint density at radius 1 is 1.61 bits per heavy atom. The maximum absolute atomic E-state index is 10.6. The van der Waals surface area contributed by atoms with Crippen molar-refractivity contribution in [3.05, 3.63) is 33.9 Å². The fourth-order valence-corrected chi connectivity index (χ4v) is 1.34. The zero-order chi connectivity index (χ0) is 13.8. The summed E-state index contributed by atoms with van der Waals surface area (Å²) < 4.78 is 5.46. The number of aryl methyl sites for hydroxylation is 1. The summed E-state index contributed by atoms with van der Waals surface area (Å²) in [5.74, 6) is 0.564. The predicted octanol–water partition coefficient (Wildman–Crippen LogP) is 1.91. The van der Waals surface area contributed by atoms with Gasteiger partial charge >= 0.3 is 0 Å². The summed E-state index contributed by atoms with van der Waals surface area (Å²) >= 11 is 0. The SMILES string of the molecule is Cc1cc([N+](=O)[O-])ccc1OCCC(C)(N)C#N. The van der Waals surface area contributed by atoms with Gasteiger partial charge in [0, 0.05) is 18.6 Å². The highest BCUT2D eigenvalue weighted by Crippen LogP contribution is 2.23. The van der Waals surface area contributed by atoms with E-state index in [1.165, 1.54) is 12.1 Å². The molecule has 2 N–H and O–H groups in total. The molecule has 0 aliphatic rings. The molecule has 1 aromatic rings. The Labute approximate surface area is 105 Å². The molecule has 0 saturated carbocycles. The first-order valence-electron chi connectivity index (χ1n) is 5.44. The van der Waals surface area contributed by atoms with E-state index < -0.39 is 10.5 Å². The zero-order valence-corrected chi connectivity index (χ0v) is 10.3. The minimum atomic E-state index is -0.922. The van der Waals surface area contributed by atoms with E-state index in [0.29, 0.717) is 24.3 Å². The second-order valence-corrected chi connectivity index (χ2v) is 4.33. The third-order valence-electron chi connectivity index (χ3n) is 2.50. The van der Waals surface area contributed by atoms with Crippen molar-refractivity contribution in [2.75, 3.05) is 6.61 Å². The molecule has 1 unspecified atom stereocenters. The Hall–Kier alpha value is -2.13. The largest absolute Gasteiger partial charge is 0.493 e. The van der Waals surface area contributed by atoms with Crippen LogP contribution in [0.25, 0.3) is 0 Å². The third kappa shape index (κ3) is 3.71. The number of benzene rings is 1. The second-order valence-electron chi connectivity index (χ2n) is 4.33. The Bertz CT molecular complexity index is 492. The average molecular weight is 249 g/mol. The van der Waals surface area contributed by atoms with Crippen LogP contribution in [0.5, 0.6) is 5.75 Å². The monoisotopic (exact) mass is 249 g/mol. The molecule has 6 nitrogen and oxygen atoms in total. The van der Waals surface area contributed by atoms with Gasteiger partial charge in [0.1, 0.15) is 11.3 Å². The Balaban J connectivity index is 2.65. The molecule has 0 saturated heterocycles. The summed E-state index contributed by atoms with van der Waals surface area (Å²) in [5.41, 5.74) is 5.44. The minimum absolute atomic E-state index is 0.0283. The number of nitriles is 1. The van der Waals surface area contributed by atoms with Gasteiger partial charge in [0.15, 0.2) is 0 Å². The highest BCUT2D eigenvalue weighted by atomic mass is 16.6. The van der Waals surface area contributed by atoms with E-state index in [1.54, 1.807) is 19.9 Å². The van der Waals surface area contributed by atoms with Gasteiger partial charge in [-0.1, -0.05) is 0 Å². The normalized spacial score (nSPS) is 13.4. The number of nitro benzene ring substituents is 1. The van der Waals surface area contributed by atoms with Crippen molar-refractivity contribution in [3.8, 4) is 11.8 Å². The highest BCUT2D eigenvalue weighted by molar-refractivity contribution is 5.42. The van der Waals surface area contributed by atoms with Crippen molar-refractivity contribution in [1.82, 2.24) is 0 Å². The molecule has 0 aliphatic carbocycles. The molecule has 0 radical (unpaired) electrons. The second kappa shape index (κ2) is 5.47. The van der Waals surface area contributed by atoms with E-state index in [-0.39, 0.29) is 5.69 Å². The molecule has 1 rings (SSSR count). The van der Waals surface area contributed by atoms with Crippen molar-refractivity contribution in [2.24, 2.45) is 5.73 Å². The predicted molar refractivity (Wildman–Crippen MR) is 66.2 cm³/mol. The lowest BCUT2D eigenvalue weighted by molar-refractivity contribution is -0.384. The van der Waals surface area contributed by atoms with Crippen LogP contribution in [0.15, 0.2) is 18.2 Å². The van der Waals surface area contributed by atoms with E-state index in [1.807, 2.05) is 6.07 Å². The van der Waals surface area contributed by atoms with E-state index in [2.05, 4.69) is 0 Å². The van der Waals surface area contributed by atoms with Crippen molar-refractivity contribution in [2.45, 2.75) is 25.8 Å². The van der Waals surface area contributed by atoms with Gasteiger partial charge in [0.2, 0.25) is 0 Å². The smallest absolute Gasteiger partial charge is 0.269 e. The van der Waals surface area contributed by atoms with Crippen molar-refractivity contribution in [1.29, 1.82) is 5.26 Å². The quantitative estimate of drug-likeness (QED) is 0.634. The van der Waals surface area contributed by atoms with Crippen LogP contribution in [0.2, 0.25) is 0 Å². The minimum Gasteiger partial charge on any atom is -0.493 e. The summed E-state index contributed by atoms with van der Waals surface area (Å²) in [5, 5.41) is 19.3. The average Bonchev–Trinajstić information content (AvgIpc) is 2.31. The first-order chi connectivity index (χ1) is 8.35. The van der Waals surface area contributed by atoms with Gasteiger partial charge < -0.3 is 10.5 Å². The van der Waals surface area contributed by atoms with Crippen molar-refractivity contribution >= 4 is 5.69 Å². The first-order valence-corrected chi connectivity index (χ1v) is 5.44. The first kappa shape index (κ1) is 13.9. The lowest BCUT2D eigenvalue weighted by Gasteiger charge is -2.16. The molecule has 6 heteroatoms. The molecule has 0 aliphatic heterocycles. The van der Waals surface area contributed by atoms with E-state index in [0.717, 1.165) is 0 Å². The molecule has 96 valence electrons. The van der Waals surface area contributed by atoms with Crippen LogP contribution in [0.3, 0.4) is 0 Å². The summed E-state index contributed by atoms with van der Waals surface area (Å²) in [6, 6.07) is 6.35. The fourth-order valence-electron chi connectivity index (χ4n) is 1.34. The van der Waals surface area contributed by atoms with Crippen LogP contribution in [0.4, 0.5) is 5.69 Å². The molecule has 0 aromatic heterocycles. The molecule has 0 fully saturated rings. The third-order valence-corrected chi connectivity index (χ3v) is 2.50. The molecule has 0 heterocycles. The topological polar surface area (TPSA) is 102 Å². The highest BCUT2D eigenvalue weighted by Gasteiger charge is 2.17. The molecule has 0 spiro atoms. The van der Waals surface area contributed by atoms with Crippen LogP contribution < -0.4 is 10.5 Å². The molecular formula is C12H15N3O3. The summed E-state index contributed by atoms with van der Waals surface area (Å²) in [4.78, 5) is 10.1. The number of rotatable bonds is 5. The fraction of sp³-hybridized carbons (Fsp3) is 0.417. The Morgan fingerprint density at radius 2 is 2.28 bits per heavy atom. The van der Waals surface area contributed by atoms with Crippen LogP contribution >= 0.6 is 0 Å². The van der Waals surface area contributed by atoms with Gasteiger partial charge in [-0.2, -0.15) is 5.26 Å². The van der Waals surface area contributed by atoms with E-state index in [9.17, 15) is 10.1 Å². The zero-order valence-electron chi connectivity index (χ0n) is 10.3. The number of nitrogens with two attached hydrogens (primary N) is 1. The van der Waals surface area contributed by atoms with Gasteiger partial charge in [-0.05, 0) is 25.5 Å². The van der Waals surface area contributed by atoms with Gasteiger partial charge in [-0.3, -0.25) is 10.1 Å². The number of hydrogen-bond acceptors (Lipinski definition) is 5. The summed E-state index contributed by atoms with van der Waals surface area (Å²) in [6.07, 6.45) is 0.389. The van der Waals surface area contributed by atoms with Crippen LogP contribution in [-0.4, -0.2) is 17.1 Å². The van der Waals surface area contributed by atoms with Crippen LogP contribution in [0, 0.1) is 28.4 Å². The number of non-ortho nitro benzene ring substituents is 1. The van der Waals surface area contributed by atoms with E-state index >= 15 is 0 Å². The number of nitro groups is 1. The van der Waals surface area contributed by atoms with Crippen LogP contribution in [-0.2, 0) is 0 Å². The van der Waals surface area contributed by atoms with Crippen LogP contribution in [0.1, 0.15) is 18.9 Å². The lowest BCUT2D eigenvalue weighted by atomic mass is 10.0. The number of nitrogens with zero attached hydrogens (tertiary/aromatic N) is 2. The molecule has 0 amide bonds. The maximum Gasteiger partial charge on any atom is 0.269 e. The van der Waals surface area contributed by atoms with Crippen molar-refractivity contribution < 1.29 is 9.66 Å². The summed E-state index contributed by atoms with van der Waals surface area (Å²) in [7, 11) is 0. The van der Waals surface area contributed by atoms with E-state index in [4.69, 9.17) is 15.7 Å². The van der Waals surface area contributed by atoms with Gasteiger partial charge in [-0.15, -0.1) is 0 Å². The lowest BCUT2D eigenvalue weighted by Crippen LogP contribution is -2.35. The molecule has 1 aromatic carbocycles.